The van der Waals surface area contributed by atoms with Gasteiger partial charge in [0.05, 0.1) is 23.2 Å². The fourth-order valence-electron chi connectivity index (χ4n) is 6.94. The summed E-state index contributed by atoms with van der Waals surface area (Å²) in [7, 11) is 1.89. The van der Waals surface area contributed by atoms with E-state index >= 15 is 0 Å². The van der Waals surface area contributed by atoms with Crippen LogP contribution in [0.2, 0.25) is 0 Å². The average Bonchev–Trinajstić information content (AvgIpc) is 3.47. The number of fused-ring (bicyclic) bond motifs is 3. The smallest absolute Gasteiger partial charge is 0.320 e. The van der Waals surface area contributed by atoms with E-state index in [1.807, 2.05) is 36.5 Å². The highest BCUT2D eigenvalue weighted by atomic mass is 19.1. The fraction of sp³-hybridized carbons (Fsp3) is 0.500. The summed E-state index contributed by atoms with van der Waals surface area (Å²) in [6.45, 7) is 4.82. The largest absolute Gasteiger partial charge is 0.462 e. The van der Waals surface area contributed by atoms with E-state index in [1.165, 1.54) is 17.5 Å². The summed E-state index contributed by atoms with van der Waals surface area (Å²) in [5.41, 5.74) is 4.90. The number of rotatable bonds is 6. The van der Waals surface area contributed by atoms with Crippen LogP contribution in [0.3, 0.4) is 0 Å². The van der Waals surface area contributed by atoms with Gasteiger partial charge in [-0.05, 0) is 68.8 Å². The van der Waals surface area contributed by atoms with Crippen LogP contribution in [-0.4, -0.2) is 93.2 Å². The maximum Gasteiger partial charge on any atom is 0.320 e. The Bertz CT molecular complexity index is 1530. The van der Waals surface area contributed by atoms with Crippen molar-refractivity contribution in [3.8, 4) is 17.3 Å². The molecule has 4 aliphatic rings. The third kappa shape index (κ3) is 4.60. The molecule has 9 nitrogen and oxygen atoms in total. The molecule has 0 radical (unpaired) electrons. The molecule has 4 atom stereocenters. The number of amides is 1. The van der Waals surface area contributed by atoms with Gasteiger partial charge in [-0.25, -0.2) is 13.8 Å². The molecule has 1 amide bonds. The molecule has 3 aromatic rings. The Balaban J connectivity index is 1.24. The zero-order chi connectivity index (χ0) is 28.2. The molecule has 3 aliphatic heterocycles. The van der Waals surface area contributed by atoms with Gasteiger partial charge in [-0.15, -0.1) is 0 Å². The number of ether oxygens (including phenoxy) is 1. The standard InChI is InChI=1S/C30H33F2N7O2/c1-17(31)29(40)38-10-9-25-26(38)15-39(25)28-22-7-8-24(23-13-33-12-18-5-3-4-6-21(18)23)34-27(22)35-30(36-28)41-16-20-11-19(32)14-37(20)2/h7-8,12-13,19-20,25-26H,1,3-6,9-11,14-16H2,2H3/t19-,20+,25-,26-/m1/s1. The van der Waals surface area contributed by atoms with Crippen molar-refractivity contribution in [2.45, 2.75) is 62.8 Å². The normalized spacial score (nSPS) is 25.6. The zero-order valence-corrected chi connectivity index (χ0v) is 23.1. The van der Waals surface area contributed by atoms with E-state index < -0.39 is 17.9 Å². The molecule has 0 unspecified atom stereocenters. The number of hydrogen-bond acceptors (Lipinski definition) is 8. The van der Waals surface area contributed by atoms with Gasteiger partial charge in [0, 0.05) is 43.6 Å². The van der Waals surface area contributed by atoms with E-state index in [0.29, 0.717) is 43.9 Å². The lowest BCUT2D eigenvalue weighted by Gasteiger charge is -2.47. The average molecular weight is 562 g/mol. The number of nitrogens with zero attached hydrogens (tertiary/aromatic N) is 7. The van der Waals surface area contributed by atoms with E-state index in [0.717, 1.165) is 35.9 Å². The summed E-state index contributed by atoms with van der Waals surface area (Å²) in [5.74, 6) is -0.907. The van der Waals surface area contributed by atoms with Crippen LogP contribution in [0.1, 0.15) is 36.8 Å². The maximum absolute atomic E-state index is 14.0. The van der Waals surface area contributed by atoms with Gasteiger partial charge in [0.25, 0.3) is 5.91 Å². The summed E-state index contributed by atoms with van der Waals surface area (Å²) < 4.78 is 33.7. The molecule has 0 aromatic carbocycles. The second-order valence-electron chi connectivity index (χ2n) is 11.6. The number of aromatic nitrogens is 4. The van der Waals surface area contributed by atoms with Crippen LogP contribution >= 0.6 is 0 Å². The molecular formula is C30H33F2N7O2. The minimum absolute atomic E-state index is 0.00234. The summed E-state index contributed by atoms with van der Waals surface area (Å²) in [5, 5.41) is 0.777. The number of anilines is 1. The number of carbonyl (C=O) groups excluding carboxylic acids is 1. The first-order valence-electron chi connectivity index (χ1n) is 14.4. The minimum atomic E-state index is -0.936. The van der Waals surface area contributed by atoms with Gasteiger partial charge in [-0.1, -0.05) is 6.58 Å². The molecule has 0 spiro atoms. The number of hydrogen-bond donors (Lipinski definition) is 0. The second-order valence-corrected chi connectivity index (χ2v) is 11.6. The number of likely N-dealkylation sites (tertiary alicyclic amines) is 2. The number of aryl methyl sites for hydroxylation is 1. The first kappa shape index (κ1) is 26.2. The van der Waals surface area contributed by atoms with E-state index in [4.69, 9.17) is 19.7 Å². The number of halogens is 2. The number of carbonyl (C=O) groups is 1. The van der Waals surface area contributed by atoms with Crippen LogP contribution < -0.4 is 9.64 Å². The van der Waals surface area contributed by atoms with Crippen molar-refractivity contribution >= 4 is 22.8 Å². The molecule has 0 bridgehead atoms. The Morgan fingerprint density at radius 2 is 1.98 bits per heavy atom. The summed E-state index contributed by atoms with van der Waals surface area (Å²) in [4.78, 5) is 36.9. The third-order valence-electron chi connectivity index (χ3n) is 9.17. The van der Waals surface area contributed by atoms with Crippen LogP contribution in [0, 0.1) is 0 Å². The predicted molar refractivity (Wildman–Crippen MR) is 150 cm³/mol. The van der Waals surface area contributed by atoms with Gasteiger partial charge < -0.3 is 14.5 Å². The molecule has 0 saturated carbocycles. The first-order chi connectivity index (χ1) is 19.9. The maximum atomic E-state index is 14.0. The van der Waals surface area contributed by atoms with E-state index in [2.05, 4.69) is 16.5 Å². The van der Waals surface area contributed by atoms with Crippen molar-refractivity contribution in [3.05, 3.63) is 48.1 Å². The van der Waals surface area contributed by atoms with Gasteiger partial charge >= 0.3 is 6.01 Å². The van der Waals surface area contributed by atoms with Crippen molar-refractivity contribution in [1.29, 1.82) is 0 Å². The van der Waals surface area contributed by atoms with Crippen LogP contribution in [0.5, 0.6) is 6.01 Å². The van der Waals surface area contributed by atoms with Gasteiger partial charge in [-0.2, -0.15) is 9.97 Å². The molecule has 7 rings (SSSR count). The lowest BCUT2D eigenvalue weighted by Crippen LogP contribution is -2.63. The molecule has 214 valence electrons. The molecule has 41 heavy (non-hydrogen) atoms. The Hall–Kier alpha value is -3.73. The van der Waals surface area contributed by atoms with E-state index in [9.17, 15) is 13.6 Å². The van der Waals surface area contributed by atoms with Crippen LogP contribution in [-0.2, 0) is 17.6 Å². The zero-order valence-electron chi connectivity index (χ0n) is 23.1. The molecule has 3 aromatic heterocycles. The van der Waals surface area contributed by atoms with E-state index in [1.54, 1.807) is 4.90 Å². The molecule has 11 heteroatoms. The van der Waals surface area contributed by atoms with Gasteiger partial charge in [0.2, 0.25) is 0 Å². The second kappa shape index (κ2) is 10.3. The Kier molecular flexibility index (Phi) is 6.56. The van der Waals surface area contributed by atoms with Crippen molar-refractivity contribution in [3.63, 3.8) is 0 Å². The number of likely N-dealkylation sites (N-methyl/N-ethyl adjacent to an activating group) is 1. The van der Waals surface area contributed by atoms with Gasteiger partial charge in [-0.3, -0.25) is 14.7 Å². The summed E-state index contributed by atoms with van der Waals surface area (Å²) in [6, 6.07) is 4.00. The molecule has 1 aliphatic carbocycles. The van der Waals surface area contributed by atoms with Crippen LogP contribution in [0.25, 0.3) is 22.3 Å². The highest BCUT2D eigenvalue weighted by Gasteiger charge is 2.50. The Labute approximate surface area is 237 Å². The van der Waals surface area contributed by atoms with Gasteiger partial charge in [0.15, 0.2) is 11.5 Å². The number of pyridine rings is 2. The van der Waals surface area contributed by atoms with Crippen LogP contribution in [0.4, 0.5) is 14.6 Å². The first-order valence-corrected chi connectivity index (χ1v) is 14.4. The fourth-order valence-corrected chi connectivity index (χ4v) is 6.94. The quantitative estimate of drug-likeness (QED) is 0.422. The topological polar surface area (TPSA) is 87.6 Å². The molecule has 6 heterocycles. The van der Waals surface area contributed by atoms with E-state index in [-0.39, 0.29) is 30.7 Å². The van der Waals surface area contributed by atoms with Crippen LogP contribution in [0.15, 0.2) is 36.9 Å². The van der Waals surface area contributed by atoms with Crippen molar-refractivity contribution in [2.24, 2.45) is 0 Å². The Morgan fingerprint density at radius 3 is 2.78 bits per heavy atom. The molecule has 3 fully saturated rings. The SMILES string of the molecule is C=C(F)C(=O)N1CC[C@@H]2[C@H]1CN2c1nc(OC[C@@H]2C[C@@H](F)CN2C)nc2nc(-c3cncc4c3CCCC4)ccc12. The highest BCUT2D eigenvalue weighted by Crippen LogP contribution is 2.40. The summed E-state index contributed by atoms with van der Waals surface area (Å²) >= 11 is 0. The molecule has 0 N–H and O–H groups in total. The highest BCUT2D eigenvalue weighted by molar-refractivity contribution is 5.93. The minimum Gasteiger partial charge on any atom is -0.462 e. The van der Waals surface area contributed by atoms with Crippen molar-refractivity contribution in [2.75, 3.05) is 38.2 Å². The monoisotopic (exact) mass is 561 g/mol. The van der Waals surface area contributed by atoms with Gasteiger partial charge in [0.1, 0.15) is 18.6 Å². The third-order valence-corrected chi connectivity index (χ3v) is 9.17. The Morgan fingerprint density at radius 1 is 1.12 bits per heavy atom. The summed E-state index contributed by atoms with van der Waals surface area (Å²) in [6.07, 6.45) is 8.40. The lowest BCUT2D eigenvalue weighted by molar-refractivity contribution is -0.130. The van der Waals surface area contributed by atoms with Crippen molar-refractivity contribution < 1.29 is 18.3 Å². The predicted octanol–water partition coefficient (Wildman–Crippen LogP) is 3.66. The molecular weight excluding hydrogens is 528 g/mol. The molecule has 3 saturated heterocycles. The van der Waals surface area contributed by atoms with Crippen molar-refractivity contribution in [1.82, 2.24) is 29.7 Å². The lowest BCUT2D eigenvalue weighted by atomic mass is 9.89. The number of alkyl halides is 1.